The molecule has 0 amide bonds. The third kappa shape index (κ3) is 9.61. The Morgan fingerprint density at radius 3 is 2.21 bits per heavy atom. The van der Waals surface area contributed by atoms with Gasteiger partial charge < -0.3 is 10.5 Å². The minimum Gasteiger partial charge on any atom is -0.494 e. The summed E-state index contributed by atoms with van der Waals surface area (Å²) in [5.74, 6) is 1.18. The first-order valence-corrected chi connectivity index (χ1v) is 10.4. The molecule has 0 fully saturated rings. The first-order valence-electron chi connectivity index (χ1n) is 10.4. The molecule has 1 heterocycles. The van der Waals surface area contributed by atoms with E-state index in [9.17, 15) is 5.26 Å². The summed E-state index contributed by atoms with van der Waals surface area (Å²) in [5.41, 5.74) is 6.64. The highest BCUT2D eigenvalue weighted by molar-refractivity contribution is 5.82. The summed E-state index contributed by atoms with van der Waals surface area (Å²) in [4.78, 5) is 9.65. The average Bonchev–Trinajstić information content (AvgIpc) is 2.76. The zero-order valence-corrected chi connectivity index (χ0v) is 17.0. The Balaban J connectivity index is 1.46. The van der Waals surface area contributed by atoms with Crippen molar-refractivity contribution < 1.29 is 4.74 Å². The van der Waals surface area contributed by atoms with Crippen LogP contribution in [0.15, 0.2) is 59.9 Å². The number of unbranched alkanes of at least 4 members (excludes halogenated alkanes) is 7. The van der Waals surface area contributed by atoms with Gasteiger partial charge in [-0.15, -0.1) is 0 Å². The highest BCUT2D eigenvalue weighted by atomic mass is 16.5. The van der Waals surface area contributed by atoms with Gasteiger partial charge in [0, 0.05) is 18.9 Å². The second-order valence-electron chi connectivity index (χ2n) is 6.92. The van der Waals surface area contributed by atoms with Gasteiger partial charge in [0.05, 0.1) is 12.3 Å². The Morgan fingerprint density at radius 2 is 1.55 bits per heavy atom. The molecular formula is C23H31N5O. The Morgan fingerprint density at radius 1 is 0.931 bits per heavy atom. The molecule has 0 spiro atoms. The van der Waals surface area contributed by atoms with Gasteiger partial charge in [0.1, 0.15) is 5.75 Å². The van der Waals surface area contributed by atoms with E-state index < -0.39 is 0 Å². The summed E-state index contributed by atoms with van der Waals surface area (Å²) in [7, 11) is 0. The van der Waals surface area contributed by atoms with Gasteiger partial charge in [0.15, 0.2) is 6.19 Å². The summed E-state index contributed by atoms with van der Waals surface area (Å²) in [6, 6.07) is 13.5. The molecule has 6 nitrogen and oxygen atoms in total. The molecule has 0 aliphatic carbocycles. The lowest BCUT2D eigenvalue weighted by atomic mass is 10.1. The zero-order chi connectivity index (χ0) is 20.6. The van der Waals surface area contributed by atoms with Crippen molar-refractivity contribution in [3.05, 3.63) is 54.9 Å². The van der Waals surface area contributed by atoms with E-state index in [1.165, 1.54) is 37.0 Å². The van der Waals surface area contributed by atoms with Crippen LogP contribution in [0.1, 0.15) is 51.4 Å². The van der Waals surface area contributed by atoms with Crippen LogP contribution in [0.3, 0.4) is 0 Å². The lowest BCUT2D eigenvalue weighted by Gasteiger charge is -2.14. The number of nitrogens with two attached hydrogens (primary N) is 1. The number of rotatable bonds is 13. The molecule has 0 aliphatic heterocycles. The molecule has 2 aromatic rings. The van der Waals surface area contributed by atoms with Crippen molar-refractivity contribution in [2.24, 2.45) is 10.7 Å². The number of hydrogen-bond donors (Lipinski definition) is 1. The number of hydrogen-bond acceptors (Lipinski definition) is 4. The molecule has 0 bridgehead atoms. The molecule has 1 aromatic heterocycles. The Bertz CT molecular complexity index is 743. The van der Waals surface area contributed by atoms with Gasteiger partial charge in [-0.25, -0.2) is 9.89 Å². The third-order valence-corrected chi connectivity index (χ3v) is 4.59. The summed E-state index contributed by atoms with van der Waals surface area (Å²) in [6.07, 6.45) is 14.7. The first kappa shape index (κ1) is 22.2. The maximum atomic E-state index is 9.28. The molecule has 0 saturated carbocycles. The van der Waals surface area contributed by atoms with Gasteiger partial charge in [0.2, 0.25) is 5.96 Å². The molecule has 0 radical (unpaired) electrons. The van der Waals surface area contributed by atoms with Crippen molar-refractivity contribution in [3.63, 3.8) is 0 Å². The van der Waals surface area contributed by atoms with Crippen LogP contribution in [0.4, 0.5) is 5.69 Å². The Hall–Kier alpha value is -3.07. The Labute approximate surface area is 174 Å². The zero-order valence-electron chi connectivity index (χ0n) is 17.0. The van der Waals surface area contributed by atoms with Crippen molar-refractivity contribution in [2.45, 2.75) is 51.4 Å². The Kier molecular flexibility index (Phi) is 10.7. The highest BCUT2D eigenvalue weighted by Crippen LogP contribution is 2.12. The topological polar surface area (TPSA) is 87.5 Å². The molecule has 0 unspecified atom stereocenters. The number of para-hydroxylation sites is 1. The number of pyridine rings is 1. The van der Waals surface area contributed by atoms with E-state index in [2.05, 4.69) is 16.2 Å². The van der Waals surface area contributed by atoms with Gasteiger partial charge in [-0.05, 0) is 37.1 Å². The molecule has 0 saturated heterocycles. The van der Waals surface area contributed by atoms with Crippen LogP contribution in [0.25, 0.3) is 0 Å². The van der Waals surface area contributed by atoms with E-state index in [0.29, 0.717) is 12.2 Å². The van der Waals surface area contributed by atoms with Gasteiger partial charge >= 0.3 is 0 Å². The van der Waals surface area contributed by atoms with E-state index in [4.69, 9.17) is 10.5 Å². The van der Waals surface area contributed by atoms with E-state index in [1.54, 1.807) is 24.5 Å². The number of aromatic nitrogens is 1. The maximum absolute atomic E-state index is 9.28. The van der Waals surface area contributed by atoms with Crippen LogP contribution in [-0.2, 0) is 0 Å². The number of ether oxygens (including phenoxy) is 1. The first-order chi connectivity index (χ1) is 14.3. The summed E-state index contributed by atoms with van der Waals surface area (Å²) in [6.45, 7) is 1.39. The smallest absolute Gasteiger partial charge is 0.209 e. The molecule has 0 atom stereocenters. The number of nitriles is 1. The van der Waals surface area contributed by atoms with Crippen molar-refractivity contribution >= 4 is 11.6 Å². The van der Waals surface area contributed by atoms with Crippen LogP contribution >= 0.6 is 0 Å². The highest BCUT2D eigenvalue weighted by Gasteiger charge is 2.06. The van der Waals surface area contributed by atoms with Crippen molar-refractivity contribution in [1.82, 2.24) is 9.88 Å². The molecule has 1 aromatic carbocycles. The molecule has 2 N–H and O–H groups in total. The number of benzene rings is 1. The maximum Gasteiger partial charge on any atom is 0.209 e. The van der Waals surface area contributed by atoms with Gasteiger partial charge in [-0.2, -0.15) is 5.26 Å². The van der Waals surface area contributed by atoms with Gasteiger partial charge in [-0.1, -0.05) is 56.7 Å². The van der Waals surface area contributed by atoms with Crippen LogP contribution in [0.5, 0.6) is 5.75 Å². The summed E-state index contributed by atoms with van der Waals surface area (Å²) >= 11 is 0. The second-order valence-corrected chi connectivity index (χ2v) is 6.92. The molecule has 2 rings (SSSR count). The van der Waals surface area contributed by atoms with Gasteiger partial charge in [-0.3, -0.25) is 4.98 Å². The SMILES string of the molecule is N#CN(CCCCCCCCCCOc1ccccc1)C(N)=Nc1ccncc1. The van der Waals surface area contributed by atoms with Crippen LogP contribution in [0, 0.1) is 11.5 Å². The van der Waals surface area contributed by atoms with Crippen molar-refractivity contribution in [3.8, 4) is 11.9 Å². The number of guanidine groups is 1. The predicted octanol–water partition coefficient (Wildman–Crippen LogP) is 5.01. The monoisotopic (exact) mass is 393 g/mol. The van der Waals surface area contributed by atoms with Gasteiger partial charge in [0.25, 0.3) is 0 Å². The minimum absolute atomic E-state index is 0.233. The molecule has 154 valence electrons. The number of nitrogens with zero attached hydrogens (tertiary/aromatic N) is 4. The quantitative estimate of drug-likeness (QED) is 0.170. The van der Waals surface area contributed by atoms with Crippen molar-refractivity contribution in [2.75, 3.05) is 13.2 Å². The summed E-state index contributed by atoms with van der Waals surface area (Å²) in [5, 5.41) is 9.28. The van der Waals surface area contributed by atoms with E-state index in [1.807, 2.05) is 30.3 Å². The summed E-state index contributed by atoms with van der Waals surface area (Å²) < 4.78 is 5.70. The fraction of sp³-hybridized carbons (Fsp3) is 0.435. The van der Waals surface area contributed by atoms with Crippen LogP contribution in [-0.4, -0.2) is 29.0 Å². The number of aliphatic imine (C=N–C) groups is 1. The molecule has 6 heteroatoms. The lowest BCUT2D eigenvalue weighted by molar-refractivity contribution is 0.304. The second kappa shape index (κ2) is 14.0. The van der Waals surface area contributed by atoms with E-state index >= 15 is 0 Å². The largest absolute Gasteiger partial charge is 0.494 e. The average molecular weight is 394 g/mol. The minimum atomic E-state index is 0.233. The predicted molar refractivity (Wildman–Crippen MR) is 117 cm³/mol. The van der Waals surface area contributed by atoms with Crippen molar-refractivity contribution in [1.29, 1.82) is 5.26 Å². The van der Waals surface area contributed by atoms with Crippen LogP contribution < -0.4 is 10.5 Å². The molecular weight excluding hydrogens is 362 g/mol. The molecule has 29 heavy (non-hydrogen) atoms. The van der Waals surface area contributed by atoms with E-state index in [0.717, 1.165) is 31.6 Å². The fourth-order valence-corrected chi connectivity index (χ4v) is 2.97. The van der Waals surface area contributed by atoms with E-state index in [-0.39, 0.29) is 5.96 Å². The third-order valence-electron chi connectivity index (χ3n) is 4.59. The van der Waals surface area contributed by atoms with Crippen LogP contribution in [0.2, 0.25) is 0 Å². The molecule has 0 aliphatic rings. The lowest BCUT2D eigenvalue weighted by Crippen LogP contribution is -2.34. The standard InChI is InChI=1S/C23H31N5O/c24-20-28(23(25)27-21-14-16-26-17-15-21)18-10-5-3-1-2-4-6-11-19-29-22-12-8-7-9-13-22/h7-9,12-17H,1-6,10-11,18-19H2,(H2,25,26,27). The fourth-order valence-electron chi connectivity index (χ4n) is 2.97. The normalized spacial score (nSPS) is 11.1.